The molecule has 1 aliphatic carbocycles. The first-order chi connectivity index (χ1) is 10.4. The Bertz CT molecular complexity index is 569. The van der Waals surface area contributed by atoms with Gasteiger partial charge in [-0.3, -0.25) is 4.79 Å². The van der Waals surface area contributed by atoms with Crippen LogP contribution in [0.1, 0.15) is 68.8 Å². The number of nitrogens with one attached hydrogen (secondary N) is 1. The number of hydrogen-bond donors (Lipinski definition) is 1. The maximum absolute atomic E-state index is 12.2. The van der Waals surface area contributed by atoms with Crippen LogP contribution in [0.15, 0.2) is 34.3 Å². The average Bonchev–Trinajstić information content (AvgIpc) is 2.46. The quantitative estimate of drug-likeness (QED) is 0.716. The minimum Gasteiger partial charge on any atom is -0.352 e. The van der Waals surface area contributed by atoms with E-state index in [1.54, 1.807) is 0 Å². The molecule has 0 saturated heterocycles. The largest absolute Gasteiger partial charge is 0.352 e. The maximum atomic E-state index is 12.2. The van der Waals surface area contributed by atoms with E-state index < -0.39 is 0 Å². The Kier molecular flexibility index (Phi) is 5.85. The van der Waals surface area contributed by atoms with Crippen LogP contribution in [0.25, 0.3) is 0 Å². The summed E-state index contributed by atoms with van der Waals surface area (Å²) in [4.78, 5) is 12.2. The molecule has 0 unspecified atom stereocenters. The number of carbonyl (C=O) groups excluding carboxylic acids is 1. The Balaban J connectivity index is 1.92. The number of hydrogen-bond acceptors (Lipinski definition) is 1. The lowest BCUT2D eigenvalue weighted by Crippen LogP contribution is -2.25. The monoisotopic (exact) mass is 363 g/mol. The van der Waals surface area contributed by atoms with Gasteiger partial charge in [0.05, 0.1) is 0 Å². The van der Waals surface area contributed by atoms with Crippen LogP contribution in [-0.2, 0) is 5.41 Å². The molecule has 22 heavy (non-hydrogen) atoms. The molecular weight excluding hydrogens is 338 g/mol. The number of benzene rings is 1. The van der Waals surface area contributed by atoms with E-state index in [2.05, 4.69) is 48.1 Å². The van der Waals surface area contributed by atoms with Crippen LogP contribution < -0.4 is 5.32 Å². The topological polar surface area (TPSA) is 29.1 Å². The molecule has 2 nitrogen and oxygen atoms in total. The highest BCUT2D eigenvalue weighted by Gasteiger charge is 2.18. The number of rotatable bonds is 4. The molecule has 0 fully saturated rings. The van der Waals surface area contributed by atoms with Crippen molar-refractivity contribution in [2.24, 2.45) is 0 Å². The van der Waals surface area contributed by atoms with E-state index >= 15 is 0 Å². The zero-order valence-corrected chi connectivity index (χ0v) is 15.4. The van der Waals surface area contributed by atoms with E-state index in [1.807, 2.05) is 18.2 Å². The van der Waals surface area contributed by atoms with Crippen LogP contribution in [0, 0.1) is 0 Å². The second-order valence-electron chi connectivity index (χ2n) is 7.06. The number of amides is 1. The van der Waals surface area contributed by atoms with Gasteiger partial charge in [-0.15, -0.1) is 0 Å². The van der Waals surface area contributed by atoms with Crippen molar-refractivity contribution in [1.29, 1.82) is 0 Å². The van der Waals surface area contributed by atoms with Gasteiger partial charge in [-0.1, -0.05) is 54.4 Å². The first kappa shape index (κ1) is 17.3. The smallest absolute Gasteiger partial charge is 0.251 e. The summed E-state index contributed by atoms with van der Waals surface area (Å²) in [6.07, 6.45) is 8.31. The van der Waals surface area contributed by atoms with E-state index in [0.717, 1.165) is 23.0 Å². The lowest BCUT2D eigenvalue weighted by atomic mass is 9.86. The molecule has 120 valence electrons. The van der Waals surface area contributed by atoms with Crippen molar-refractivity contribution in [2.75, 3.05) is 6.54 Å². The Hall–Kier alpha value is -1.09. The van der Waals surface area contributed by atoms with Gasteiger partial charge in [0.15, 0.2) is 0 Å². The normalized spacial score (nSPS) is 15.4. The highest BCUT2D eigenvalue weighted by Crippen LogP contribution is 2.30. The van der Waals surface area contributed by atoms with Crippen LogP contribution in [0.3, 0.4) is 0 Å². The molecule has 2 rings (SSSR count). The fourth-order valence-electron chi connectivity index (χ4n) is 2.83. The molecular formula is C19H26BrNO. The van der Waals surface area contributed by atoms with Gasteiger partial charge in [0, 0.05) is 16.6 Å². The van der Waals surface area contributed by atoms with E-state index in [4.69, 9.17) is 0 Å². The van der Waals surface area contributed by atoms with Gasteiger partial charge in [0.1, 0.15) is 0 Å². The lowest BCUT2D eigenvalue weighted by molar-refractivity contribution is 0.0954. The third-order valence-corrected chi connectivity index (χ3v) is 4.81. The molecule has 0 heterocycles. The number of halogens is 1. The highest BCUT2D eigenvalue weighted by atomic mass is 79.9. The van der Waals surface area contributed by atoms with Gasteiger partial charge in [-0.05, 0) is 55.2 Å². The van der Waals surface area contributed by atoms with Crippen molar-refractivity contribution in [3.05, 3.63) is 45.4 Å². The van der Waals surface area contributed by atoms with Crippen LogP contribution in [-0.4, -0.2) is 12.5 Å². The van der Waals surface area contributed by atoms with Crippen LogP contribution in [0.4, 0.5) is 0 Å². The van der Waals surface area contributed by atoms with Crippen molar-refractivity contribution in [3.8, 4) is 0 Å². The summed E-state index contributed by atoms with van der Waals surface area (Å²) < 4.78 is 1.00. The summed E-state index contributed by atoms with van der Waals surface area (Å²) >= 11 is 3.59. The summed E-state index contributed by atoms with van der Waals surface area (Å²) in [5.74, 6) is 0.0116. The molecule has 0 atom stereocenters. The molecule has 1 aliphatic rings. The predicted molar refractivity (Wildman–Crippen MR) is 96.3 cm³/mol. The fraction of sp³-hybridized carbons (Fsp3) is 0.526. The summed E-state index contributed by atoms with van der Waals surface area (Å²) in [6, 6.07) is 5.89. The average molecular weight is 364 g/mol. The molecule has 1 aromatic rings. The Labute approximate surface area is 142 Å². The SMILES string of the molecule is CC(C)(C)c1ccc(C(=O)NCCC2=CCCCC2)cc1Br. The number of carbonyl (C=O) groups is 1. The van der Waals surface area contributed by atoms with E-state index in [-0.39, 0.29) is 11.3 Å². The predicted octanol–water partition coefficient (Wildman–Crippen LogP) is 5.37. The molecule has 0 aromatic heterocycles. The van der Waals surface area contributed by atoms with E-state index in [9.17, 15) is 4.79 Å². The highest BCUT2D eigenvalue weighted by molar-refractivity contribution is 9.10. The third-order valence-electron chi connectivity index (χ3n) is 4.16. The maximum Gasteiger partial charge on any atom is 0.251 e. The summed E-state index contributed by atoms with van der Waals surface area (Å²) in [7, 11) is 0. The first-order valence-electron chi connectivity index (χ1n) is 8.14. The molecule has 0 bridgehead atoms. The second-order valence-corrected chi connectivity index (χ2v) is 7.91. The van der Waals surface area contributed by atoms with Gasteiger partial charge >= 0.3 is 0 Å². The van der Waals surface area contributed by atoms with Gasteiger partial charge in [-0.2, -0.15) is 0 Å². The van der Waals surface area contributed by atoms with Crippen LogP contribution in [0.5, 0.6) is 0 Å². The fourth-order valence-corrected chi connectivity index (χ4v) is 3.81. The summed E-state index contributed by atoms with van der Waals surface area (Å²) in [5, 5.41) is 3.03. The van der Waals surface area contributed by atoms with Crippen LogP contribution >= 0.6 is 15.9 Å². The van der Waals surface area contributed by atoms with Crippen molar-refractivity contribution >= 4 is 21.8 Å². The molecule has 1 amide bonds. The van der Waals surface area contributed by atoms with Gasteiger partial charge in [0.25, 0.3) is 5.91 Å². The second kappa shape index (κ2) is 7.45. The van der Waals surface area contributed by atoms with E-state index in [0.29, 0.717) is 0 Å². The van der Waals surface area contributed by atoms with Crippen molar-refractivity contribution in [1.82, 2.24) is 5.32 Å². The molecule has 1 aromatic carbocycles. The first-order valence-corrected chi connectivity index (χ1v) is 8.93. The Morgan fingerprint density at radius 2 is 2.05 bits per heavy atom. The lowest BCUT2D eigenvalue weighted by Gasteiger charge is -2.21. The Morgan fingerprint density at radius 1 is 1.27 bits per heavy atom. The molecule has 1 N–H and O–H groups in total. The van der Waals surface area contributed by atoms with Crippen molar-refractivity contribution in [2.45, 2.75) is 58.3 Å². The van der Waals surface area contributed by atoms with Crippen molar-refractivity contribution in [3.63, 3.8) is 0 Å². The zero-order chi connectivity index (χ0) is 16.2. The van der Waals surface area contributed by atoms with Crippen molar-refractivity contribution < 1.29 is 4.79 Å². The van der Waals surface area contributed by atoms with Gasteiger partial charge in [-0.25, -0.2) is 0 Å². The summed E-state index contributed by atoms with van der Waals surface area (Å²) in [5.41, 5.74) is 3.51. The number of allylic oxidation sites excluding steroid dienone is 1. The van der Waals surface area contributed by atoms with Crippen LogP contribution in [0.2, 0.25) is 0 Å². The minimum atomic E-state index is 0.0116. The third kappa shape index (κ3) is 4.70. The zero-order valence-electron chi connectivity index (χ0n) is 13.8. The molecule has 0 radical (unpaired) electrons. The molecule has 0 aliphatic heterocycles. The Morgan fingerprint density at radius 3 is 2.64 bits per heavy atom. The standard InChI is InChI=1S/C19H26BrNO/c1-19(2,3)16-10-9-15(13-17(16)20)18(22)21-12-11-14-7-5-4-6-8-14/h7,9-10,13H,4-6,8,11-12H2,1-3H3,(H,21,22). The molecule has 0 spiro atoms. The van der Waals surface area contributed by atoms with E-state index in [1.165, 1.54) is 36.8 Å². The molecule has 3 heteroatoms. The minimum absolute atomic E-state index is 0.0116. The molecule has 0 saturated carbocycles. The van der Waals surface area contributed by atoms with Gasteiger partial charge in [0.2, 0.25) is 0 Å². The summed E-state index contributed by atoms with van der Waals surface area (Å²) in [6.45, 7) is 7.24. The van der Waals surface area contributed by atoms with Gasteiger partial charge < -0.3 is 5.32 Å².